The number of aromatic amines is 1. The largest absolute Gasteiger partial charge is 0.358 e. The van der Waals surface area contributed by atoms with Crippen LogP contribution in [-0.4, -0.2) is 42.0 Å². The van der Waals surface area contributed by atoms with Gasteiger partial charge in [0, 0.05) is 41.7 Å². The first-order chi connectivity index (χ1) is 10.8. The van der Waals surface area contributed by atoms with E-state index in [0.717, 1.165) is 32.6 Å². The molecule has 0 bridgehead atoms. The number of quaternary nitrogens is 1. The summed E-state index contributed by atoms with van der Waals surface area (Å²) in [5.74, 6) is 0.345. The van der Waals surface area contributed by atoms with Gasteiger partial charge >= 0.3 is 0 Å². The second-order valence-corrected chi connectivity index (χ2v) is 6.67. The van der Waals surface area contributed by atoms with Gasteiger partial charge in [-0.05, 0) is 25.3 Å². The quantitative estimate of drug-likeness (QED) is 0.857. The molecule has 0 spiro atoms. The Morgan fingerprint density at radius 1 is 1.18 bits per heavy atom. The lowest BCUT2D eigenvalue weighted by molar-refractivity contribution is -0.908. The summed E-state index contributed by atoms with van der Waals surface area (Å²) < 4.78 is 0. The monoisotopic (exact) mass is 298 g/mol. The molecule has 4 heteroatoms. The van der Waals surface area contributed by atoms with Crippen molar-refractivity contribution in [3.63, 3.8) is 0 Å². The van der Waals surface area contributed by atoms with Gasteiger partial charge in [0.15, 0.2) is 6.54 Å². The number of amides is 1. The van der Waals surface area contributed by atoms with Gasteiger partial charge in [0.2, 0.25) is 0 Å². The topological polar surface area (TPSA) is 40.5 Å². The van der Waals surface area contributed by atoms with Gasteiger partial charge < -0.3 is 14.8 Å². The van der Waals surface area contributed by atoms with Gasteiger partial charge in [-0.3, -0.25) is 4.79 Å². The highest BCUT2D eigenvalue weighted by atomic mass is 16.2. The van der Waals surface area contributed by atoms with E-state index in [0.29, 0.717) is 12.5 Å². The molecule has 3 heterocycles. The summed E-state index contributed by atoms with van der Waals surface area (Å²) in [5.41, 5.74) is 4.02. The molecule has 2 aliphatic heterocycles. The zero-order valence-corrected chi connectivity index (χ0v) is 13.0. The number of likely N-dealkylation sites (tertiary alicyclic amines) is 1. The molecular weight excluding hydrogens is 274 g/mol. The Morgan fingerprint density at radius 2 is 2.00 bits per heavy atom. The number of fused-ring (bicyclic) bond motifs is 3. The number of carbonyl (C=O) groups excluding carboxylic acids is 1. The summed E-state index contributed by atoms with van der Waals surface area (Å²) >= 11 is 0. The Labute approximate surface area is 131 Å². The molecule has 1 aromatic carbocycles. The van der Waals surface area contributed by atoms with Gasteiger partial charge in [0.1, 0.15) is 6.54 Å². The highest BCUT2D eigenvalue weighted by molar-refractivity contribution is 5.84. The van der Waals surface area contributed by atoms with Crippen LogP contribution in [0.15, 0.2) is 24.3 Å². The van der Waals surface area contributed by atoms with Crippen LogP contribution in [0, 0.1) is 0 Å². The zero-order chi connectivity index (χ0) is 14.9. The number of benzene rings is 1. The van der Waals surface area contributed by atoms with Crippen molar-refractivity contribution in [1.29, 1.82) is 0 Å². The van der Waals surface area contributed by atoms with Crippen LogP contribution in [0.1, 0.15) is 30.5 Å². The molecule has 2 aromatic rings. The number of rotatable bonds is 2. The van der Waals surface area contributed by atoms with E-state index in [1.807, 2.05) is 0 Å². The maximum Gasteiger partial charge on any atom is 0.277 e. The molecule has 1 unspecified atom stereocenters. The molecule has 0 saturated carbocycles. The summed E-state index contributed by atoms with van der Waals surface area (Å²) in [7, 11) is 0. The van der Waals surface area contributed by atoms with Crippen LogP contribution in [-0.2, 0) is 17.8 Å². The molecule has 116 valence electrons. The van der Waals surface area contributed by atoms with Crippen molar-refractivity contribution < 1.29 is 9.69 Å². The first-order valence-electron chi connectivity index (χ1n) is 8.51. The van der Waals surface area contributed by atoms with Crippen molar-refractivity contribution in [2.24, 2.45) is 0 Å². The molecule has 2 aliphatic rings. The van der Waals surface area contributed by atoms with Crippen LogP contribution in [0.5, 0.6) is 0 Å². The predicted molar refractivity (Wildman–Crippen MR) is 86.8 cm³/mol. The number of aromatic nitrogens is 1. The Balaban J connectivity index is 1.48. The van der Waals surface area contributed by atoms with E-state index in [1.54, 1.807) is 0 Å². The minimum atomic E-state index is 0.345. The molecule has 1 fully saturated rings. The van der Waals surface area contributed by atoms with E-state index in [2.05, 4.69) is 34.1 Å². The molecular formula is C18H24N3O+. The normalized spacial score (nSPS) is 21.8. The van der Waals surface area contributed by atoms with Crippen molar-refractivity contribution >= 4 is 16.8 Å². The fourth-order valence-electron chi connectivity index (χ4n) is 3.93. The van der Waals surface area contributed by atoms with Gasteiger partial charge in [-0.15, -0.1) is 0 Å². The molecule has 2 N–H and O–H groups in total. The van der Waals surface area contributed by atoms with Crippen molar-refractivity contribution in [2.75, 3.05) is 26.2 Å². The Kier molecular flexibility index (Phi) is 3.62. The van der Waals surface area contributed by atoms with Crippen molar-refractivity contribution in [1.82, 2.24) is 9.88 Å². The lowest BCUT2D eigenvalue weighted by atomic mass is 10.0. The summed E-state index contributed by atoms with van der Waals surface area (Å²) in [5, 5.41) is 1.33. The van der Waals surface area contributed by atoms with Gasteiger partial charge in [-0.25, -0.2) is 0 Å². The zero-order valence-electron chi connectivity index (χ0n) is 13.0. The van der Waals surface area contributed by atoms with Gasteiger partial charge in [-0.1, -0.05) is 18.2 Å². The minimum Gasteiger partial charge on any atom is -0.358 e. The van der Waals surface area contributed by atoms with Crippen molar-refractivity contribution in [3.05, 3.63) is 35.5 Å². The Bertz CT molecular complexity index is 685. The molecule has 0 radical (unpaired) electrons. The number of nitrogens with one attached hydrogen (secondary N) is 2. The van der Waals surface area contributed by atoms with Crippen molar-refractivity contribution in [2.45, 2.75) is 32.2 Å². The van der Waals surface area contributed by atoms with Crippen LogP contribution in [0.4, 0.5) is 0 Å². The third-order valence-corrected chi connectivity index (χ3v) is 5.17. The molecule has 22 heavy (non-hydrogen) atoms. The second-order valence-electron chi connectivity index (χ2n) is 6.67. The summed E-state index contributed by atoms with van der Waals surface area (Å²) in [6.45, 7) is 4.60. The first-order valence-corrected chi connectivity index (χ1v) is 8.51. The number of piperidine rings is 1. The van der Waals surface area contributed by atoms with Crippen LogP contribution < -0.4 is 4.90 Å². The standard InChI is InChI=1S/C18H23N3O/c22-18(21-9-4-1-5-10-21)13-20-11-8-17-15(12-20)14-6-2-3-7-16(14)19-17/h2-3,6-7,19H,1,4-5,8-13H2/p+1. The number of H-pyrrole nitrogens is 1. The molecule has 1 aromatic heterocycles. The predicted octanol–water partition coefficient (Wildman–Crippen LogP) is 1.12. The number of hydrogen-bond donors (Lipinski definition) is 2. The van der Waals surface area contributed by atoms with E-state index in [4.69, 9.17) is 0 Å². The maximum atomic E-state index is 12.5. The Morgan fingerprint density at radius 3 is 2.86 bits per heavy atom. The van der Waals surface area contributed by atoms with Crippen LogP contribution >= 0.6 is 0 Å². The summed E-state index contributed by atoms with van der Waals surface area (Å²) in [6, 6.07) is 8.52. The molecule has 4 rings (SSSR count). The number of carbonyl (C=O) groups is 1. The van der Waals surface area contributed by atoms with Crippen molar-refractivity contribution in [3.8, 4) is 0 Å². The minimum absolute atomic E-state index is 0.345. The van der Waals surface area contributed by atoms with E-state index >= 15 is 0 Å². The lowest BCUT2D eigenvalue weighted by Gasteiger charge is -2.29. The SMILES string of the molecule is O=C(C[NH+]1CCc2[nH]c3ccccc3c2C1)N1CCCCC1. The smallest absolute Gasteiger partial charge is 0.277 e. The molecule has 4 nitrogen and oxygen atoms in total. The Hall–Kier alpha value is -1.81. The summed E-state index contributed by atoms with van der Waals surface area (Å²) in [6.07, 6.45) is 4.67. The highest BCUT2D eigenvalue weighted by Crippen LogP contribution is 2.23. The van der Waals surface area contributed by atoms with Crippen LogP contribution in [0.2, 0.25) is 0 Å². The van der Waals surface area contributed by atoms with Gasteiger partial charge in [0.25, 0.3) is 5.91 Å². The number of para-hydroxylation sites is 1. The fraction of sp³-hybridized carbons (Fsp3) is 0.500. The third kappa shape index (κ3) is 2.52. The van der Waals surface area contributed by atoms with E-state index in [9.17, 15) is 4.79 Å². The second kappa shape index (κ2) is 5.76. The summed E-state index contributed by atoms with van der Waals surface area (Å²) in [4.78, 5) is 19.5. The lowest BCUT2D eigenvalue weighted by Crippen LogP contribution is -3.12. The highest BCUT2D eigenvalue weighted by Gasteiger charge is 2.27. The van der Waals surface area contributed by atoms with E-state index < -0.39 is 0 Å². The average Bonchev–Trinajstić information content (AvgIpc) is 2.94. The van der Waals surface area contributed by atoms with E-state index in [-0.39, 0.29) is 0 Å². The molecule has 1 saturated heterocycles. The van der Waals surface area contributed by atoms with Gasteiger partial charge in [0.05, 0.1) is 6.54 Å². The molecule has 1 amide bonds. The van der Waals surface area contributed by atoms with Crippen LogP contribution in [0.25, 0.3) is 10.9 Å². The molecule has 1 atom stereocenters. The number of nitrogens with zero attached hydrogens (tertiary/aromatic N) is 1. The van der Waals surface area contributed by atoms with Gasteiger partial charge in [-0.2, -0.15) is 0 Å². The third-order valence-electron chi connectivity index (χ3n) is 5.17. The van der Waals surface area contributed by atoms with E-state index in [1.165, 1.54) is 46.3 Å². The molecule has 0 aliphatic carbocycles. The fourth-order valence-corrected chi connectivity index (χ4v) is 3.93. The average molecular weight is 298 g/mol. The van der Waals surface area contributed by atoms with Crippen LogP contribution in [0.3, 0.4) is 0 Å². The first kappa shape index (κ1) is 13.8. The maximum absolute atomic E-state index is 12.5. The number of hydrogen-bond acceptors (Lipinski definition) is 1.